The zero-order valence-electron chi connectivity index (χ0n) is 10.2. The summed E-state index contributed by atoms with van der Waals surface area (Å²) in [5.74, 6) is 0.639. The highest BCUT2D eigenvalue weighted by Crippen LogP contribution is 2.09. The zero-order valence-corrected chi connectivity index (χ0v) is 13.3. The lowest BCUT2D eigenvalue weighted by Gasteiger charge is -2.27. The van der Waals surface area contributed by atoms with Crippen molar-refractivity contribution in [1.82, 2.24) is 9.88 Å². The summed E-state index contributed by atoms with van der Waals surface area (Å²) in [6, 6.07) is 3.69. The number of aromatic nitrogens is 1. The molecule has 2 N–H and O–H groups in total. The molecule has 6 heteroatoms. The molecule has 2 heterocycles. The van der Waals surface area contributed by atoms with E-state index in [2.05, 4.69) is 14.9 Å². The van der Waals surface area contributed by atoms with Gasteiger partial charge >= 0.3 is 0 Å². The van der Waals surface area contributed by atoms with Crippen molar-refractivity contribution in [3.63, 3.8) is 0 Å². The van der Waals surface area contributed by atoms with Crippen molar-refractivity contribution < 1.29 is 0 Å². The minimum atomic E-state index is 0. The fourth-order valence-electron chi connectivity index (χ4n) is 1.90. The predicted molar refractivity (Wildman–Crippen MR) is 85.4 cm³/mol. The Morgan fingerprint density at radius 2 is 2.06 bits per heavy atom. The Hall–Kier alpha value is -0.560. The first kappa shape index (κ1) is 15.5. The van der Waals surface area contributed by atoms with Gasteiger partial charge in [0, 0.05) is 19.3 Å². The van der Waals surface area contributed by atoms with Crippen LogP contribution in [0.5, 0.6) is 0 Å². The van der Waals surface area contributed by atoms with Gasteiger partial charge in [-0.1, -0.05) is 17.7 Å². The Morgan fingerprint density at radius 3 is 2.67 bits per heavy atom. The Bertz CT molecular complexity index is 388. The first-order valence-electron chi connectivity index (χ1n) is 5.91. The van der Waals surface area contributed by atoms with Gasteiger partial charge in [0.15, 0.2) is 5.96 Å². The van der Waals surface area contributed by atoms with Gasteiger partial charge in [0.25, 0.3) is 0 Å². The highest BCUT2D eigenvalue weighted by atomic mass is 127. The van der Waals surface area contributed by atoms with E-state index in [1.165, 1.54) is 19.3 Å². The van der Waals surface area contributed by atoms with Crippen molar-refractivity contribution in [2.24, 2.45) is 10.7 Å². The first-order valence-corrected chi connectivity index (χ1v) is 6.29. The van der Waals surface area contributed by atoms with E-state index in [4.69, 9.17) is 17.3 Å². The van der Waals surface area contributed by atoms with Crippen LogP contribution in [-0.4, -0.2) is 28.9 Å². The number of likely N-dealkylation sites (tertiary alicyclic amines) is 1. The molecule has 0 bridgehead atoms. The molecule has 100 valence electrons. The second-order valence-electron chi connectivity index (χ2n) is 4.21. The molecular weight excluding hydrogens is 363 g/mol. The standard InChI is InChI=1S/C12H17ClN4.HI/c13-11-5-4-10(8-15-11)9-16-12(14)17-6-2-1-3-7-17;/h4-5,8H,1-3,6-7,9H2,(H2,14,16);1H. The highest BCUT2D eigenvalue weighted by Gasteiger charge is 2.11. The van der Waals surface area contributed by atoms with Crippen LogP contribution in [0.4, 0.5) is 0 Å². The molecule has 0 radical (unpaired) electrons. The molecule has 4 nitrogen and oxygen atoms in total. The van der Waals surface area contributed by atoms with Crippen LogP contribution >= 0.6 is 35.6 Å². The third kappa shape index (κ3) is 4.61. The van der Waals surface area contributed by atoms with Gasteiger partial charge in [-0.2, -0.15) is 0 Å². The molecule has 2 rings (SSSR count). The molecule has 1 aromatic rings. The maximum atomic E-state index is 5.96. The van der Waals surface area contributed by atoms with E-state index in [1.807, 2.05) is 6.07 Å². The molecular formula is C12H18ClIN4. The summed E-state index contributed by atoms with van der Waals surface area (Å²) in [4.78, 5) is 10.5. The molecule has 0 amide bonds. The fourth-order valence-corrected chi connectivity index (χ4v) is 2.01. The average molecular weight is 381 g/mol. The minimum absolute atomic E-state index is 0. The second-order valence-corrected chi connectivity index (χ2v) is 4.60. The molecule has 1 aliphatic heterocycles. The Labute approximate surface area is 130 Å². The van der Waals surface area contributed by atoms with Crippen LogP contribution in [0.2, 0.25) is 5.15 Å². The van der Waals surface area contributed by atoms with E-state index < -0.39 is 0 Å². The van der Waals surface area contributed by atoms with Gasteiger partial charge in [-0.3, -0.25) is 0 Å². The molecule has 1 aromatic heterocycles. The average Bonchev–Trinajstić information content (AvgIpc) is 2.39. The third-order valence-corrected chi connectivity index (χ3v) is 3.12. The number of hydrogen-bond acceptors (Lipinski definition) is 2. The van der Waals surface area contributed by atoms with Crippen molar-refractivity contribution in [1.29, 1.82) is 0 Å². The summed E-state index contributed by atoms with van der Waals surface area (Å²) >= 11 is 5.72. The van der Waals surface area contributed by atoms with Crippen LogP contribution in [0.25, 0.3) is 0 Å². The Kier molecular flexibility index (Phi) is 6.70. The number of pyridine rings is 1. The lowest BCUT2D eigenvalue weighted by molar-refractivity contribution is 0.338. The molecule has 0 unspecified atom stereocenters. The van der Waals surface area contributed by atoms with Crippen LogP contribution in [0, 0.1) is 0 Å². The first-order chi connectivity index (χ1) is 8.25. The lowest BCUT2D eigenvalue weighted by atomic mass is 10.1. The number of rotatable bonds is 2. The number of piperidine rings is 1. The molecule has 0 saturated carbocycles. The van der Waals surface area contributed by atoms with E-state index in [0.717, 1.165) is 18.7 Å². The molecule has 1 fully saturated rings. The molecule has 1 saturated heterocycles. The monoisotopic (exact) mass is 380 g/mol. The normalized spacial score (nSPS) is 16.3. The van der Waals surface area contributed by atoms with Crippen LogP contribution < -0.4 is 5.73 Å². The maximum absolute atomic E-state index is 5.96. The van der Waals surface area contributed by atoms with Gasteiger partial charge in [-0.15, -0.1) is 24.0 Å². The SMILES string of the molecule is I.NC(=NCc1ccc(Cl)nc1)N1CCCCC1. The van der Waals surface area contributed by atoms with E-state index in [9.17, 15) is 0 Å². The topological polar surface area (TPSA) is 54.5 Å². The summed E-state index contributed by atoms with van der Waals surface area (Å²) in [5, 5.41) is 0.502. The maximum Gasteiger partial charge on any atom is 0.191 e. The molecule has 0 aliphatic carbocycles. The van der Waals surface area contributed by atoms with Crippen molar-refractivity contribution in [2.45, 2.75) is 25.8 Å². The van der Waals surface area contributed by atoms with Gasteiger partial charge < -0.3 is 10.6 Å². The number of nitrogens with two attached hydrogens (primary N) is 1. The summed E-state index contributed by atoms with van der Waals surface area (Å²) < 4.78 is 0. The molecule has 0 aromatic carbocycles. The minimum Gasteiger partial charge on any atom is -0.370 e. The van der Waals surface area contributed by atoms with Gasteiger partial charge in [0.2, 0.25) is 0 Å². The van der Waals surface area contributed by atoms with Crippen LogP contribution in [0.1, 0.15) is 24.8 Å². The van der Waals surface area contributed by atoms with Crippen molar-refractivity contribution in [3.05, 3.63) is 29.0 Å². The smallest absolute Gasteiger partial charge is 0.191 e. The predicted octanol–water partition coefficient (Wildman–Crippen LogP) is 2.65. The summed E-state index contributed by atoms with van der Waals surface area (Å²) in [6.45, 7) is 2.61. The van der Waals surface area contributed by atoms with Gasteiger partial charge in [-0.05, 0) is 30.9 Å². The molecule has 0 spiro atoms. The molecule has 0 atom stereocenters. The van der Waals surface area contributed by atoms with Crippen LogP contribution in [-0.2, 0) is 6.54 Å². The van der Waals surface area contributed by atoms with Crippen molar-refractivity contribution >= 4 is 41.5 Å². The zero-order chi connectivity index (χ0) is 12.1. The summed E-state index contributed by atoms with van der Waals surface area (Å²) in [6.07, 6.45) is 5.44. The second kappa shape index (κ2) is 7.78. The summed E-state index contributed by atoms with van der Waals surface area (Å²) in [5.41, 5.74) is 6.98. The number of hydrogen-bond donors (Lipinski definition) is 1. The highest BCUT2D eigenvalue weighted by molar-refractivity contribution is 14.0. The molecule has 18 heavy (non-hydrogen) atoms. The quantitative estimate of drug-likeness (QED) is 0.371. The number of halogens is 2. The number of nitrogens with zero attached hydrogens (tertiary/aromatic N) is 3. The van der Waals surface area contributed by atoms with Gasteiger partial charge in [0.1, 0.15) is 5.15 Å². The van der Waals surface area contributed by atoms with Crippen LogP contribution in [0.3, 0.4) is 0 Å². The Balaban J connectivity index is 0.00000162. The number of guanidine groups is 1. The lowest BCUT2D eigenvalue weighted by Crippen LogP contribution is -2.40. The van der Waals surface area contributed by atoms with E-state index in [0.29, 0.717) is 17.7 Å². The van der Waals surface area contributed by atoms with E-state index in [-0.39, 0.29) is 24.0 Å². The Morgan fingerprint density at radius 1 is 1.33 bits per heavy atom. The van der Waals surface area contributed by atoms with E-state index in [1.54, 1.807) is 12.3 Å². The summed E-state index contributed by atoms with van der Waals surface area (Å²) in [7, 11) is 0. The van der Waals surface area contributed by atoms with Crippen molar-refractivity contribution in [3.8, 4) is 0 Å². The fraction of sp³-hybridized carbons (Fsp3) is 0.500. The van der Waals surface area contributed by atoms with Crippen molar-refractivity contribution in [2.75, 3.05) is 13.1 Å². The van der Waals surface area contributed by atoms with Crippen LogP contribution in [0.15, 0.2) is 23.3 Å². The molecule has 1 aliphatic rings. The number of aliphatic imine (C=N–C) groups is 1. The third-order valence-electron chi connectivity index (χ3n) is 2.89. The van der Waals surface area contributed by atoms with Gasteiger partial charge in [-0.25, -0.2) is 9.98 Å². The van der Waals surface area contributed by atoms with E-state index >= 15 is 0 Å². The van der Waals surface area contributed by atoms with Gasteiger partial charge in [0.05, 0.1) is 6.54 Å². The largest absolute Gasteiger partial charge is 0.370 e.